The quantitative estimate of drug-likeness (QED) is 0.441. The Labute approximate surface area is 42.2 Å². The molecule has 0 spiro atoms. The van der Waals surface area contributed by atoms with Crippen LogP contribution in [0.2, 0.25) is 0 Å². The van der Waals surface area contributed by atoms with Crippen molar-refractivity contribution in [1.29, 1.82) is 0 Å². The normalized spacial score (nSPS) is 89.6. The smallest absolute Gasteiger partial charge is 0.0428 e. The summed E-state index contributed by atoms with van der Waals surface area (Å²) < 4.78 is 49.9. The first-order valence-corrected chi connectivity index (χ1v) is 1.33. The molecule has 1 aliphatic rings. The van der Waals surface area contributed by atoms with Crippen LogP contribution >= 0.6 is 0 Å². The van der Waals surface area contributed by atoms with E-state index in [1.807, 2.05) is 5.32 Å². The number of nitrogens with one attached hydrogen (secondary N) is 1. The lowest BCUT2D eigenvalue weighted by atomic mass is 10.4. The van der Waals surface area contributed by atoms with Crippen molar-refractivity contribution < 1.29 is 9.60 Å². The maximum Gasteiger partial charge on any atom is 0.0428 e. The molecule has 1 fully saturated rings. The minimum Gasteiger partial charge on any atom is -0.317 e. The van der Waals surface area contributed by atoms with Gasteiger partial charge in [0.05, 0.1) is 0 Å². The van der Waals surface area contributed by atoms with Gasteiger partial charge in [0, 0.05) is 9.60 Å². The number of hydrogen-bond acceptors (Lipinski definition) is 1. The molecule has 1 rings (SSSR count). The molecule has 0 aliphatic carbocycles. The van der Waals surface area contributed by atoms with Crippen LogP contribution in [-0.4, -0.2) is 13.0 Å². The third-order valence-electron chi connectivity index (χ3n) is 0.351. The van der Waals surface area contributed by atoms with Crippen LogP contribution in [0.1, 0.15) is 22.3 Å². The second-order valence-electron chi connectivity index (χ2n) is 0.683. The van der Waals surface area contributed by atoms with Crippen molar-refractivity contribution in [2.24, 2.45) is 0 Å². The van der Waals surface area contributed by atoms with Crippen LogP contribution in [0.15, 0.2) is 0 Å². The molecule has 1 heterocycles. The first kappa shape index (κ1) is 0.544. The molecule has 0 radical (unpaired) electrons. The third-order valence-corrected chi connectivity index (χ3v) is 0.351. The number of hydrogen-bond donors (Lipinski definition) is 1. The lowest BCUT2D eigenvalue weighted by molar-refractivity contribution is 0.857. The molecule has 0 amide bonds. The predicted molar refractivity (Wildman–Crippen MR) is 22.1 cm³/mol. The van der Waals surface area contributed by atoms with Crippen molar-refractivity contribution in [3.05, 3.63) is 0 Å². The van der Waals surface area contributed by atoms with Gasteiger partial charge < -0.3 is 5.32 Å². The van der Waals surface area contributed by atoms with Crippen LogP contribution in [0, 0.1) is 0 Å². The van der Waals surface area contributed by atoms with E-state index in [-0.39, 0.29) is 0 Å². The van der Waals surface area contributed by atoms with Gasteiger partial charge in [0.25, 0.3) is 0 Å². The summed E-state index contributed by atoms with van der Waals surface area (Å²) in [5, 5.41) is 1.92. The Morgan fingerprint density at radius 2 is 2.60 bits per heavy atom. The second kappa shape index (κ2) is 1.41. The van der Waals surface area contributed by atoms with Gasteiger partial charge >= 0.3 is 0 Å². The molecule has 5 heavy (non-hydrogen) atoms. The Morgan fingerprint density at radius 3 is 2.80 bits per heavy atom. The molecule has 0 bridgehead atoms. The lowest BCUT2D eigenvalue weighted by Crippen LogP contribution is -2.03. The molecular weight excluding hydrogens is 62.1 g/mol. The average molecular weight is 78.2 g/mol. The zero-order valence-electron chi connectivity index (χ0n) is 9.58. The second-order valence-corrected chi connectivity index (χ2v) is 0.683. The maximum atomic E-state index is 7.16. The van der Waals surface area contributed by atoms with Crippen LogP contribution < -0.4 is 5.32 Å². The maximum absolute atomic E-state index is 7.16. The molecule has 1 atom stereocenters. The van der Waals surface area contributed by atoms with Crippen LogP contribution in [0.25, 0.3) is 0 Å². The predicted octanol–water partition coefficient (Wildman–Crippen LogP) is 0.370. The summed E-state index contributed by atoms with van der Waals surface area (Å²) in [7, 11) is 0. The van der Waals surface area contributed by atoms with Crippen molar-refractivity contribution in [2.75, 3.05) is 13.0 Å². The van der Waals surface area contributed by atoms with E-state index in [4.69, 9.17) is 9.60 Å². The molecule has 1 aliphatic heterocycles. The Kier molecular flexibility index (Phi) is 0.153. The molecule has 0 aromatic heterocycles. The first-order chi connectivity index (χ1) is 5.13. The minimum atomic E-state index is -2.67. The molecule has 0 aromatic carbocycles. The van der Waals surface area contributed by atoms with Crippen molar-refractivity contribution in [3.63, 3.8) is 0 Å². The van der Waals surface area contributed by atoms with E-state index in [2.05, 4.69) is 0 Å². The van der Waals surface area contributed by atoms with Gasteiger partial charge in [0.2, 0.25) is 0 Å². The molecule has 0 saturated carbocycles. The van der Waals surface area contributed by atoms with Gasteiger partial charge in [0.15, 0.2) is 0 Å². The van der Waals surface area contributed by atoms with Crippen LogP contribution in [0.4, 0.5) is 0 Å². The molecule has 1 heteroatoms. The SMILES string of the molecule is [2H]C1NC([2H])([2H])C([2H])([2H])C1([2H])[2H]. The van der Waals surface area contributed by atoms with E-state index in [1.54, 1.807) is 0 Å². The van der Waals surface area contributed by atoms with E-state index in [9.17, 15) is 0 Å². The summed E-state index contributed by atoms with van der Waals surface area (Å²) in [6, 6.07) is 0. The van der Waals surface area contributed by atoms with Crippen molar-refractivity contribution in [3.8, 4) is 0 Å². The minimum absolute atomic E-state index is 1.57. The highest BCUT2D eigenvalue weighted by Crippen LogP contribution is 1.90. The molecule has 1 saturated heterocycles. The molecule has 1 unspecified atom stereocenters. The largest absolute Gasteiger partial charge is 0.317 e. The third kappa shape index (κ3) is 0.618. The molecule has 30 valence electrons. The van der Waals surface area contributed by atoms with E-state index >= 15 is 0 Å². The van der Waals surface area contributed by atoms with Gasteiger partial charge in [-0.05, 0) is 25.8 Å². The van der Waals surface area contributed by atoms with Crippen molar-refractivity contribution in [2.45, 2.75) is 12.7 Å². The van der Waals surface area contributed by atoms with E-state index in [0.717, 1.165) is 0 Å². The van der Waals surface area contributed by atoms with Gasteiger partial charge in [0.1, 0.15) is 0 Å². The van der Waals surface area contributed by atoms with Crippen LogP contribution in [-0.2, 0) is 0 Å². The number of rotatable bonds is 0. The summed E-state index contributed by atoms with van der Waals surface area (Å²) in [5.41, 5.74) is 0. The highest BCUT2D eigenvalue weighted by Gasteiger charge is 1.93. The van der Waals surface area contributed by atoms with Gasteiger partial charge in [-0.15, -0.1) is 0 Å². The van der Waals surface area contributed by atoms with Crippen molar-refractivity contribution in [1.82, 2.24) is 5.32 Å². The van der Waals surface area contributed by atoms with Crippen molar-refractivity contribution >= 4 is 0 Å². The molecule has 1 N–H and O–H groups in total. The topological polar surface area (TPSA) is 12.0 Å². The Morgan fingerprint density at radius 1 is 1.60 bits per heavy atom. The van der Waals surface area contributed by atoms with Crippen LogP contribution in [0.5, 0.6) is 0 Å². The van der Waals surface area contributed by atoms with E-state index in [1.165, 1.54) is 0 Å². The Hall–Kier alpha value is -0.0400. The first-order valence-electron chi connectivity index (χ1n) is 4.90. The monoisotopic (exact) mass is 78.1 g/mol. The summed E-state index contributed by atoms with van der Waals surface area (Å²) in [6.45, 7) is -4.05. The van der Waals surface area contributed by atoms with Gasteiger partial charge in [-0.1, -0.05) is 0 Å². The Bertz CT molecular complexity index is 200. The lowest BCUT2D eigenvalue weighted by Gasteiger charge is -1.76. The van der Waals surface area contributed by atoms with E-state index < -0.39 is 25.8 Å². The van der Waals surface area contributed by atoms with Gasteiger partial charge in [-0.2, -0.15) is 0 Å². The van der Waals surface area contributed by atoms with Crippen LogP contribution in [0.3, 0.4) is 0 Å². The van der Waals surface area contributed by atoms with Gasteiger partial charge in [-0.25, -0.2) is 0 Å². The summed E-state index contributed by atoms with van der Waals surface area (Å²) in [4.78, 5) is 0. The highest BCUT2D eigenvalue weighted by molar-refractivity contribution is 4.55. The average Bonchev–Trinajstić information content (AvgIpc) is 1.92. The fraction of sp³-hybridized carbons (Fsp3) is 1.00. The fourth-order valence-corrected chi connectivity index (χ4v) is 0.180. The molecular formula is C4H9N. The summed E-state index contributed by atoms with van der Waals surface area (Å²) in [6.07, 6.45) is -5.18. The summed E-state index contributed by atoms with van der Waals surface area (Å²) >= 11 is 0. The Balaban J connectivity index is 3.10. The zero-order chi connectivity index (χ0) is 9.78. The van der Waals surface area contributed by atoms with Gasteiger partial charge in [-0.3, -0.25) is 0 Å². The molecule has 0 aromatic rings. The standard InChI is InChI=1S/C4H9N/c1-2-4-5-3-1/h5H,1-4H2/i1D2,2D2,3D,4D2. The van der Waals surface area contributed by atoms with E-state index in [0.29, 0.717) is 0 Å². The summed E-state index contributed by atoms with van der Waals surface area (Å²) in [5.74, 6) is 0. The zero-order valence-corrected chi connectivity index (χ0v) is 2.58. The fourth-order valence-electron chi connectivity index (χ4n) is 0.180. The molecule has 1 nitrogen and oxygen atoms in total. The highest BCUT2D eigenvalue weighted by atomic mass is 14.9.